The lowest BCUT2D eigenvalue weighted by molar-refractivity contribution is -0.250. The highest BCUT2D eigenvalue weighted by Crippen LogP contribution is 2.56. The maximum absolute atomic E-state index is 14.5. The normalized spacial score (nSPS) is 35.0. The number of ether oxygens (including phenoxy) is 3. The number of piperazine rings is 1. The molecule has 2 aromatic carbocycles. The van der Waals surface area contributed by atoms with Crippen LogP contribution in [0.15, 0.2) is 41.2 Å². The Labute approximate surface area is 372 Å². The van der Waals surface area contributed by atoms with Gasteiger partial charge in [-0.1, -0.05) is 58.8 Å². The van der Waals surface area contributed by atoms with Gasteiger partial charge < -0.3 is 43.0 Å². The number of aromatic hydroxyl groups is 2. The van der Waals surface area contributed by atoms with Gasteiger partial charge in [-0.05, 0) is 52.0 Å². The molecule has 1 aliphatic carbocycles. The molecule has 0 radical (unpaired) electrons. The van der Waals surface area contributed by atoms with Gasteiger partial charge in [-0.3, -0.25) is 19.5 Å². The van der Waals surface area contributed by atoms with E-state index >= 15 is 0 Å². The standard InChI is InChI=1S/C46H61IN4O10/c1-24-14-12-22-58-46(8)43(56)34-32-33(42(61-47)28(5)41(34)60-46)39(55)35(31(38(32)54)23-48-51-20-18-50(19-21-51)30-15-9-10-16-30)49-44(57)25(2)13-11-17-45(7)29(6)40(59-45)27(4)37(53)26(3)36(24)52/h11-13,17,22-24,26-27,29-30,36-37,40,52-55H,9-10,14-16,18-21H2,1-8H3,(H,49,57)/b17-11+,22-12+,25-13-,48-23+/t24-,26+,27+,29-,36-,37+,40-,45+,46+/m1/s1. The molecule has 2 saturated heterocycles. The smallest absolute Gasteiger partial charge is 0.312 e. The third-order valence-corrected chi connectivity index (χ3v) is 14.6. The summed E-state index contributed by atoms with van der Waals surface area (Å²) in [4.78, 5) is 31.0. The van der Waals surface area contributed by atoms with Gasteiger partial charge in [0.15, 0.2) is 34.5 Å². The number of phenols is 2. The zero-order valence-corrected chi connectivity index (χ0v) is 38.6. The molecule has 7 heterocycles. The number of nitrogens with zero attached hydrogens (tertiary/aromatic N) is 3. The van der Waals surface area contributed by atoms with Gasteiger partial charge in [0.2, 0.25) is 0 Å². The van der Waals surface area contributed by atoms with Crippen molar-refractivity contribution >= 4 is 57.4 Å². The van der Waals surface area contributed by atoms with E-state index in [-0.39, 0.29) is 62.9 Å². The molecule has 8 aliphatic rings. The van der Waals surface area contributed by atoms with Crippen molar-refractivity contribution in [3.05, 3.63) is 52.8 Å². The molecule has 7 aliphatic heterocycles. The minimum absolute atomic E-state index is 0.00322. The average Bonchev–Trinajstić information content (AvgIpc) is 3.88. The van der Waals surface area contributed by atoms with Crippen LogP contribution in [0.5, 0.6) is 23.0 Å². The van der Waals surface area contributed by atoms with Crippen molar-refractivity contribution in [3.8, 4) is 23.0 Å². The Morgan fingerprint density at radius 2 is 1.66 bits per heavy atom. The highest BCUT2D eigenvalue weighted by molar-refractivity contribution is 14.1. The molecule has 10 rings (SSSR count). The second-order valence-electron chi connectivity index (χ2n) is 18.1. The quantitative estimate of drug-likeness (QED) is 0.0896. The van der Waals surface area contributed by atoms with E-state index in [2.05, 4.69) is 17.1 Å². The Balaban J connectivity index is 1.32. The van der Waals surface area contributed by atoms with Gasteiger partial charge in [0.25, 0.3) is 11.7 Å². The van der Waals surface area contributed by atoms with Crippen LogP contribution in [0.4, 0.5) is 5.69 Å². The summed E-state index contributed by atoms with van der Waals surface area (Å²) in [5, 5.41) is 56.7. The van der Waals surface area contributed by atoms with Crippen LogP contribution in [0, 0.1) is 30.6 Å². The van der Waals surface area contributed by atoms with Crippen LogP contribution >= 0.6 is 23.0 Å². The summed E-state index contributed by atoms with van der Waals surface area (Å²) >= 11 is 1.67. The van der Waals surface area contributed by atoms with Gasteiger partial charge in [-0.2, -0.15) is 5.10 Å². The molecular weight excluding hydrogens is 895 g/mol. The number of nitrogens with one attached hydrogen (secondary N) is 1. The Morgan fingerprint density at radius 3 is 2.31 bits per heavy atom. The molecule has 0 aromatic heterocycles. The monoisotopic (exact) mass is 956 g/mol. The second kappa shape index (κ2) is 17.7. The van der Waals surface area contributed by atoms with Gasteiger partial charge in [0.05, 0.1) is 58.6 Å². The summed E-state index contributed by atoms with van der Waals surface area (Å²) in [6.45, 7) is 17.4. The zero-order valence-electron chi connectivity index (χ0n) is 36.4. The summed E-state index contributed by atoms with van der Waals surface area (Å²) in [6.07, 6.45) is 13.0. The van der Waals surface area contributed by atoms with E-state index in [0.717, 1.165) is 13.1 Å². The SMILES string of the molecule is C/C1=C/C=C/[C@]2(C)O[C@H]([C@@H](C)[C@@H](O)[C@@H](C)[C@H](O)[C@H](C)C/C=C/O[C@@]3(C)Oc4c(C)c(OI)c5c(O)c(c(/C=N/N6CCN(C7CCCC7)CC6)c(O)c5c4C3=O)NC1=O)[C@H]2C. The molecule has 0 unspecified atom stereocenters. The van der Waals surface area contributed by atoms with Gasteiger partial charge in [-0.15, -0.1) is 0 Å². The number of ketones is 1. The number of carbonyl (C=O) groups is 2. The summed E-state index contributed by atoms with van der Waals surface area (Å²) in [6, 6.07) is 0.586. The van der Waals surface area contributed by atoms with Crippen LogP contribution < -0.4 is 13.1 Å². The molecule has 14 nitrogen and oxygen atoms in total. The number of Topliss-reactive ketones (excluding diaryl/α,β-unsaturated/α-hetero) is 1. The molecule has 1 amide bonds. The fourth-order valence-electron chi connectivity index (χ4n) is 9.80. The highest BCUT2D eigenvalue weighted by atomic mass is 127. The lowest BCUT2D eigenvalue weighted by Gasteiger charge is -2.54. The fourth-order valence-corrected chi connectivity index (χ4v) is 10.4. The van der Waals surface area contributed by atoms with E-state index in [1.165, 1.54) is 45.1 Å². The molecule has 9 atom stereocenters. The lowest BCUT2D eigenvalue weighted by Crippen LogP contribution is -2.60. The number of hydrogen-bond donors (Lipinski definition) is 5. The van der Waals surface area contributed by atoms with Gasteiger partial charge >= 0.3 is 5.79 Å². The molecule has 1 saturated carbocycles. The number of phenolic OH excluding ortho intramolecular Hbond substituents is 2. The first-order valence-corrected chi connectivity index (χ1v) is 22.5. The number of hydrogen-bond acceptors (Lipinski definition) is 13. The number of anilines is 1. The fraction of sp³-hybridized carbons (Fsp3) is 0.587. The van der Waals surface area contributed by atoms with Crippen LogP contribution in [0.25, 0.3) is 10.8 Å². The molecule has 332 valence electrons. The van der Waals surface area contributed by atoms with E-state index in [9.17, 15) is 30.0 Å². The summed E-state index contributed by atoms with van der Waals surface area (Å²) in [7, 11) is 0. The number of amides is 1. The third-order valence-electron chi connectivity index (χ3n) is 14.1. The molecule has 0 spiro atoms. The first-order chi connectivity index (χ1) is 28.9. The van der Waals surface area contributed by atoms with Crippen LogP contribution in [-0.4, -0.2) is 110 Å². The molecule has 7 bridgehead atoms. The van der Waals surface area contributed by atoms with E-state index in [0.29, 0.717) is 36.7 Å². The Kier molecular flexibility index (Phi) is 13.1. The van der Waals surface area contributed by atoms with Gasteiger partial charge in [0, 0.05) is 73.4 Å². The molecule has 61 heavy (non-hydrogen) atoms. The van der Waals surface area contributed by atoms with Crippen molar-refractivity contribution < 1.29 is 47.3 Å². The number of hydrazone groups is 1. The van der Waals surface area contributed by atoms with Crippen molar-refractivity contribution in [2.75, 3.05) is 31.5 Å². The van der Waals surface area contributed by atoms with E-state index < -0.39 is 52.7 Å². The third kappa shape index (κ3) is 8.25. The van der Waals surface area contributed by atoms with Crippen LogP contribution in [0.1, 0.15) is 102 Å². The first-order valence-electron chi connectivity index (χ1n) is 21.6. The number of aliphatic hydroxyl groups is 2. The van der Waals surface area contributed by atoms with Gasteiger partial charge in [-0.25, -0.2) is 0 Å². The summed E-state index contributed by atoms with van der Waals surface area (Å²) < 4.78 is 24.5. The van der Waals surface area contributed by atoms with E-state index in [1.807, 2.05) is 38.8 Å². The second-order valence-corrected chi connectivity index (χ2v) is 18.6. The molecule has 2 aromatic rings. The van der Waals surface area contributed by atoms with Crippen molar-refractivity contribution in [1.82, 2.24) is 9.91 Å². The first kappa shape index (κ1) is 45.1. The Morgan fingerprint density at radius 1 is 0.967 bits per heavy atom. The number of halogens is 1. The van der Waals surface area contributed by atoms with Crippen molar-refractivity contribution in [1.29, 1.82) is 0 Å². The zero-order chi connectivity index (χ0) is 44.1. The van der Waals surface area contributed by atoms with Crippen molar-refractivity contribution in [3.63, 3.8) is 0 Å². The summed E-state index contributed by atoms with van der Waals surface area (Å²) in [5.74, 6) is -4.70. The number of carbonyl (C=O) groups excluding carboxylic acids is 2. The average molecular weight is 957 g/mol. The molecule has 3 fully saturated rings. The van der Waals surface area contributed by atoms with Crippen LogP contribution in [-0.2, 0) is 14.3 Å². The Bertz CT molecular complexity index is 2160. The van der Waals surface area contributed by atoms with Crippen molar-refractivity contribution in [2.45, 2.75) is 123 Å². The van der Waals surface area contributed by atoms with Crippen LogP contribution in [0.3, 0.4) is 0 Å². The van der Waals surface area contributed by atoms with Crippen LogP contribution in [0.2, 0.25) is 0 Å². The van der Waals surface area contributed by atoms with Gasteiger partial charge in [0.1, 0.15) is 11.5 Å². The Hall–Kier alpha value is -3.90. The maximum atomic E-state index is 14.5. The topological polar surface area (TPSA) is 183 Å². The number of benzene rings is 2. The predicted octanol–water partition coefficient (Wildman–Crippen LogP) is 7.27. The highest BCUT2D eigenvalue weighted by Gasteiger charge is 2.52. The number of rotatable bonds is 4. The summed E-state index contributed by atoms with van der Waals surface area (Å²) in [5.41, 5.74) is -0.165. The number of aliphatic hydroxyl groups excluding tert-OH is 2. The molecule has 15 heteroatoms. The minimum atomic E-state index is -1.88. The number of allylic oxidation sites excluding steroid dienone is 3. The molecule has 5 N–H and O–H groups in total. The van der Waals surface area contributed by atoms with E-state index in [1.54, 1.807) is 55.1 Å². The van der Waals surface area contributed by atoms with E-state index in [4.69, 9.17) is 22.4 Å². The maximum Gasteiger partial charge on any atom is 0.312 e. The molecular formula is C46H61IN4O10. The van der Waals surface area contributed by atoms with Crippen molar-refractivity contribution in [2.24, 2.45) is 28.8 Å². The minimum Gasteiger partial charge on any atom is -0.506 e. The lowest BCUT2D eigenvalue weighted by atomic mass is 9.71. The largest absolute Gasteiger partial charge is 0.506 e. The predicted molar refractivity (Wildman–Crippen MR) is 241 cm³/mol.